The van der Waals surface area contributed by atoms with Crippen molar-refractivity contribution < 1.29 is 4.79 Å². The van der Waals surface area contributed by atoms with Crippen molar-refractivity contribution in [1.82, 2.24) is 15.5 Å². The van der Waals surface area contributed by atoms with Gasteiger partial charge in [-0.25, -0.2) is 0 Å². The fourth-order valence-corrected chi connectivity index (χ4v) is 2.20. The summed E-state index contributed by atoms with van der Waals surface area (Å²) in [6.07, 6.45) is 1.04. The van der Waals surface area contributed by atoms with Crippen molar-refractivity contribution >= 4 is 5.91 Å². The van der Waals surface area contributed by atoms with E-state index in [1.807, 2.05) is 7.05 Å². The third-order valence-electron chi connectivity index (χ3n) is 2.98. The highest BCUT2D eigenvalue weighted by atomic mass is 16.2. The molecule has 1 saturated heterocycles. The molecular formula is C12H25N3O. The van der Waals surface area contributed by atoms with Gasteiger partial charge in [0.15, 0.2) is 0 Å². The molecule has 0 radical (unpaired) electrons. The van der Waals surface area contributed by atoms with E-state index in [2.05, 4.69) is 36.3 Å². The van der Waals surface area contributed by atoms with Gasteiger partial charge in [-0.1, -0.05) is 13.8 Å². The van der Waals surface area contributed by atoms with Gasteiger partial charge in [0.1, 0.15) is 6.04 Å². The van der Waals surface area contributed by atoms with Crippen LogP contribution in [-0.2, 0) is 4.79 Å². The summed E-state index contributed by atoms with van der Waals surface area (Å²) in [5.74, 6) is 0.764. The van der Waals surface area contributed by atoms with Gasteiger partial charge in [0.25, 0.3) is 0 Å². The Morgan fingerprint density at radius 3 is 2.81 bits per heavy atom. The number of amides is 1. The minimum atomic E-state index is -0.0163. The van der Waals surface area contributed by atoms with E-state index in [4.69, 9.17) is 0 Å². The predicted octanol–water partition coefficient (Wildman–Crippen LogP) is 0.441. The van der Waals surface area contributed by atoms with Crippen molar-refractivity contribution in [1.29, 1.82) is 0 Å². The van der Waals surface area contributed by atoms with E-state index in [1.54, 1.807) is 0 Å². The van der Waals surface area contributed by atoms with Crippen LogP contribution in [0.25, 0.3) is 0 Å². The Labute approximate surface area is 98.8 Å². The van der Waals surface area contributed by atoms with E-state index in [9.17, 15) is 4.79 Å². The molecule has 0 spiro atoms. The number of hydrogen-bond acceptors (Lipinski definition) is 3. The molecule has 1 amide bonds. The van der Waals surface area contributed by atoms with Gasteiger partial charge in [-0.05, 0) is 26.3 Å². The Hall–Kier alpha value is -0.610. The second-order valence-electron chi connectivity index (χ2n) is 5.16. The lowest BCUT2D eigenvalue weighted by atomic mass is 10.1. The SMILES string of the molecule is CNCC1C(=O)NC(C)CCN1CC(C)C. The monoisotopic (exact) mass is 227 g/mol. The van der Waals surface area contributed by atoms with E-state index in [-0.39, 0.29) is 11.9 Å². The quantitative estimate of drug-likeness (QED) is 0.732. The van der Waals surface area contributed by atoms with Crippen LogP contribution in [0.15, 0.2) is 0 Å². The van der Waals surface area contributed by atoms with E-state index < -0.39 is 0 Å². The second-order valence-corrected chi connectivity index (χ2v) is 5.16. The smallest absolute Gasteiger partial charge is 0.238 e. The van der Waals surface area contributed by atoms with Gasteiger partial charge in [-0.3, -0.25) is 9.69 Å². The summed E-state index contributed by atoms with van der Waals surface area (Å²) in [4.78, 5) is 14.3. The number of hydrogen-bond donors (Lipinski definition) is 2. The first-order chi connectivity index (χ1) is 7.54. The largest absolute Gasteiger partial charge is 0.352 e. The molecule has 1 aliphatic heterocycles. The van der Waals surface area contributed by atoms with E-state index >= 15 is 0 Å². The van der Waals surface area contributed by atoms with Gasteiger partial charge in [0.2, 0.25) is 5.91 Å². The van der Waals surface area contributed by atoms with Crippen LogP contribution in [0.2, 0.25) is 0 Å². The molecule has 1 aliphatic rings. The van der Waals surface area contributed by atoms with Crippen LogP contribution in [0, 0.1) is 5.92 Å². The van der Waals surface area contributed by atoms with Crippen LogP contribution in [0.3, 0.4) is 0 Å². The molecule has 4 nitrogen and oxygen atoms in total. The molecular weight excluding hydrogens is 202 g/mol. The topological polar surface area (TPSA) is 44.4 Å². The number of nitrogens with one attached hydrogen (secondary N) is 2. The molecule has 4 heteroatoms. The summed E-state index contributed by atoms with van der Waals surface area (Å²) in [6, 6.07) is 0.279. The molecule has 0 aromatic rings. The summed E-state index contributed by atoms with van der Waals surface area (Å²) in [5, 5.41) is 6.17. The van der Waals surface area contributed by atoms with Gasteiger partial charge in [-0.2, -0.15) is 0 Å². The molecule has 0 aromatic carbocycles. The number of rotatable bonds is 4. The van der Waals surface area contributed by atoms with Crippen molar-refractivity contribution in [2.75, 3.05) is 26.7 Å². The molecule has 1 fully saturated rings. The van der Waals surface area contributed by atoms with Crippen molar-refractivity contribution in [3.05, 3.63) is 0 Å². The molecule has 2 N–H and O–H groups in total. The molecule has 0 bridgehead atoms. The molecule has 16 heavy (non-hydrogen) atoms. The second kappa shape index (κ2) is 6.21. The molecule has 2 atom stereocenters. The lowest BCUT2D eigenvalue weighted by Crippen LogP contribution is -2.50. The first-order valence-corrected chi connectivity index (χ1v) is 6.23. The van der Waals surface area contributed by atoms with Crippen LogP contribution in [0.4, 0.5) is 0 Å². The van der Waals surface area contributed by atoms with Crippen molar-refractivity contribution in [2.24, 2.45) is 5.92 Å². The van der Waals surface area contributed by atoms with Gasteiger partial charge < -0.3 is 10.6 Å². The lowest BCUT2D eigenvalue weighted by molar-refractivity contribution is -0.125. The van der Waals surface area contributed by atoms with Crippen LogP contribution in [0.1, 0.15) is 27.2 Å². The Morgan fingerprint density at radius 2 is 2.25 bits per heavy atom. The first kappa shape index (κ1) is 13.5. The molecule has 2 unspecified atom stereocenters. The summed E-state index contributed by atoms with van der Waals surface area (Å²) in [7, 11) is 1.90. The zero-order valence-corrected chi connectivity index (χ0v) is 10.9. The van der Waals surface area contributed by atoms with Gasteiger partial charge >= 0.3 is 0 Å². The highest BCUT2D eigenvalue weighted by Crippen LogP contribution is 2.11. The summed E-state index contributed by atoms with van der Waals surface area (Å²) < 4.78 is 0. The van der Waals surface area contributed by atoms with Crippen molar-refractivity contribution in [2.45, 2.75) is 39.3 Å². The Morgan fingerprint density at radius 1 is 1.56 bits per heavy atom. The fraction of sp³-hybridized carbons (Fsp3) is 0.917. The molecule has 1 heterocycles. The van der Waals surface area contributed by atoms with Crippen LogP contribution >= 0.6 is 0 Å². The van der Waals surface area contributed by atoms with E-state index in [1.165, 1.54) is 0 Å². The van der Waals surface area contributed by atoms with E-state index in [0.717, 1.165) is 26.1 Å². The Kier molecular flexibility index (Phi) is 5.22. The maximum atomic E-state index is 12.0. The van der Waals surface area contributed by atoms with E-state index in [0.29, 0.717) is 12.0 Å². The Bertz CT molecular complexity index is 230. The standard InChI is InChI=1S/C12H25N3O/c1-9(2)8-15-6-5-10(3)14-12(16)11(15)7-13-4/h9-11,13H,5-8H2,1-4H3,(H,14,16). The molecule has 0 aliphatic carbocycles. The first-order valence-electron chi connectivity index (χ1n) is 6.23. The minimum Gasteiger partial charge on any atom is -0.352 e. The average Bonchev–Trinajstić information content (AvgIpc) is 2.30. The van der Waals surface area contributed by atoms with Crippen LogP contribution < -0.4 is 10.6 Å². The Balaban J connectivity index is 2.70. The van der Waals surface area contributed by atoms with Gasteiger partial charge in [0, 0.05) is 25.7 Å². The zero-order chi connectivity index (χ0) is 12.1. The molecule has 0 aromatic heterocycles. The number of carbonyl (C=O) groups excluding carboxylic acids is 1. The highest BCUT2D eigenvalue weighted by molar-refractivity contribution is 5.82. The molecule has 0 saturated carbocycles. The highest BCUT2D eigenvalue weighted by Gasteiger charge is 2.29. The maximum Gasteiger partial charge on any atom is 0.238 e. The number of carbonyl (C=O) groups is 1. The summed E-state index contributed by atoms with van der Waals surface area (Å²) in [6.45, 7) is 9.20. The van der Waals surface area contributed by atoms with Gasteiger partial charge in [0.05, 0.1) is 0 Å². The third-order valence-corrected chi connectivity index (χ3v) is 2.98. The predicted molar refractivity (Wildman–Crippen MR) is 66.3 cm³/mol. The minimum absolute atomic E-state index is 0.0163. The average molecular weight is 227 g/mol. The normalized spacial score (nSPS) is 27.9. The summed E-state index contributed by atoms with van der Waals surface area (Å²) >= 11 is 0. The number of likely N-dealkylation sites (N-methyl/N-ethyl adjacent to an activating group) is 1. The molecule has 94 valence electrons. The maximum absolute atomic E-state index is 12.0. The van der Waals surface area contributed by atoms with Gasteiger partial charge in [-0.15, -0.1) is 0 Å². The summed E-state index contributed by atoms with van der Waals surface area (Å²) in [5.41, 5.74) is 0. The van der Waals surface area contributed by atoms with Crippen molar-refractivity contribution in [3.8, 4) is 0 Å². The van der Waals surface area contributed by atoms with Crippen molar-refractivity contribution in [3.63, 3.8) is 0 Å². The number of nitrogens with zero attached hydrogens (tertiary/aromatic N) is 1. The fourth-order valence-electron chi connectivity index (χ4n) is 2.20. The van der Waals surface area contributed by atoms with Crippen LogP contribution in [0.5, 0.6) is 0 Å². The molecule has 1 rings (SSSR count). The lowest BCUT2D eigenvalue weighted by Gasteiger charge is -2.29. The zero-order valence-electron chi connectivity index (χ0n) is 10.9. The third kappa shape index (κ3) is 3.76. The van der Waals surface area contributed by atoms with Crippen LogP contribution in [-0.4, -0.2) is 49.6 Å².